The van der Waals surface area contributed by atoms with Crippen LogP contribution in [-0.4, -0.2) is 22.8 Å². The molecular formula is C15H19ClN2O2S. The van der Waals surface area contributed by atoms with Gasteiger partial charge in [0.15, 0.2) is 0 Å². The number of halogens is 1. The molecule has 4 nitrogen and oxygen atoms in total. The molecule has 0 spiro atoms. The van der Waals surface area contributed by atoms with E-state index in [1.807, 2.05) is 38.1 Å². The Morgan fingerprint density at radius 2 is 1.86 bits per heavy atom. The third-order valence-electron chi connectivity index (χ3n) is 2.46. The SMILES string of the molecule is CC.CCOC(=O)c1nnc(CCc2ccc(Cl)cc2)s1. The van der Waals surface area contributed by atoms with Gasteiger partial charge in [-0.15, -0.1) is 10.2 Å². The number of benzene rings is 1. The highest BCUT2D eigenvalue weighted by atomic mass is 35.5. The lowest BCUT2D eigenvalue weighted by Gasteiger charge is -1.98. The van der Waals surface area contributed by atoms with E-state index >= 15 is 0 Å². The molecule has 114 valence electrons. The Morgan fingerprint density at radius 1 is 1.19 bits per heavy atom. The van der Waals surface area contributed by atoms with Crippen molar-refractivity contribution in [3.05, 3.63) is 44.9 Å². The van der Waals surface area contributed by atoms with Crippen LogP contribution in [0.3, 0.4) is 0 Å². The number of aromatic nitrogens is 2. The quantitative estimate of drug-likeness (QED) is 0.773. The largest absolute Gasteiger partial charge is 0.461 e. The fourth-order valence-corrected chi connectivity index (χ4v) is 2.39. The van der Waals surface area contributed by atoms with Crippen molar-refractivity contribution < 1.29 is 9.53 Å². The summed E-state index contributed by atoms with van der Waals surface area (Å²) in [6.45, 7) is 6.11. The van der Waals surface area contributed by atoms with Crippen molar-refractivity contribution in [2.75, 3.05) is 6.61 Å². The average molecular weight is 327 g/mol. The zero-order valence-corrected chi connectivity index (χ0v) is 14.0. The molecule has 6 heteroatoms. The van der Waals surface area contributed by atoms with Gasteiger partial charge in [0.05, 0.1) is 6.61 Å². The number of ether oxygens (including phenoxy) is 1. The second-order valence-electron chi connectivity index (χ2n) is 3.85. The summed E-state index contributed by atoms with van der Waals surface area (Å²) in [5, 5.41) is 9.70. The number of esters is 1. The van der Waals surface area contributed by atoms with Gasteiger partial charge < -0.3 is 4.74 Å². The van der Waals surface area contributed by atoms with Gasteiger partial charge >= 0.3 is 5.97 Å². The van der Waals surface area contributed by atoms with Crippen molar-refractivity contribution in [3.8, 4) is 0 Å². The summed E-state index contributed by atoms with van der Waals surface area (Å²) >= 11 is 7.11. The number of carbonyl (C=O) groups is 1. The molecule has 21 heavy (non-hydrogen) atoms. The summed E-state index contributed by atoms with van der Waals surface area (Å²) in [5.74, 6) is -0.405. The Hall–Kier alpha value is -1.46. The number of carbonyl (C=O) groups excluding carboxylic acids is 1. The van der Waals surface area contributed by atoms with Gasteiger partial charge in [0.25, 0.3) is 0 Å². The van der Waals surface area contributed by atoms with Gasteiger partial charge in [-0.3, -0.25) is 0 Å². The summed E-state index contributed by atoms with van der Waals surface area (Å²) in [4.78, 5) is 11.4. The highest BCUT2D eigenvalue weighted by molar-refractivity contribution is 7.13. The van der Waals surface area contributed by atoms with E-state index in [2.05, 4.69) is 10.2 Å². The minimum absolute atomic E-state index is 0.313. The van der Waals surface area contributed by atoms with Crippen molar-refractivity contribution in [1.29, 1.82) is 0 Å². The van der Waals surface area contributed by atoms with E-state index in [-0.39, 0.29) is 0 Å². The Labute approximate surface area is 134 Å². The van der Waals surface area contributed by atoms with E-state index in [0.29, 0.717) is 11.6 Å². The molecule has 2 aromatic rings. The molecule has 0 amide bonds. The monoisotopic (exact) mass is 326 g/mol. The summed E-state index contributed by atoms with van der Waals surface area (Å²) in [6.07, 6.45) is 1.59. The maximum absolute atomic E-state index is 11.4. The third-order valence-corrected chi connectivity index (χ3v) is 3.67. The van der Waals surface area contributed by atoms with Crippen LogP contribution in [0, 0.1) is 0 Å². The topological polar surface area (TPSA) is 52.1 Å². The number of rotatable bonds is 5. The molecule has 0 bridgehead atoms. The van der Waals surface area contributed by atoms with Gasteiger partial charge in [-0.05, 0) is 31.0 Å². The fraction of sp³-hybridized carbons (Fsp3) is 0.400. The van der Waals surface area contributed by atoms with Crippen LogP contribution in [0.5, 0.6) is 0 Å². The summed E-state index contributed by atoms with van der Waals surface area (Å²) in [6, 6.07) is 7.69. The van der Waals surface area contributed by atoms with Crippen molar-refractivity contribution in [2.24, 2.45) is 0 Å². The highest BCUT2D eigenvalue weighted by Gasteiger charge is 2.13. The Balaban J connectivity index is 0.00000106. The number of nitrogens with zero attached hydrogens (tertiary/aromatic N) is 2. The van der Waals surface area contributed by atoms with Crippen LogP contribution in [0.2, 0.25) is 5.02 Å². The number of hydrogen-bond acceptors (Lipinski definition) is 5. The maximum atomic E-state index is 11.4. The van der Waals surface area contributed by atoms with Gasteiger partial charge in [0.1, 0.15) is 5.01 Å². The van der Waals surface area contributed by atoms with Gasteiger partial charge in [-0.1, -0.05) is 48.9 Å². The van der Waals surface area contributed by atoms with Crippen molar-refractivity contribution in [1.82, 2.24) is 10.2 Å². The summed E-state index contributed by atoms with van der Waals surface area (Å²) in [7, 11) is 0. The van der Waals surface area contributed by atoms with E-state index in [1.54, 1.807) is 6.92 Å². The van der Waals surface area contributed by atoms with Crippen LogP contribution in [0.4, 0.5) is 0 Å². The molecule has 0 aliphatic rings. The maximum Gasteiger partial charge on any atom is 0.369 e. The molecule has 0 aliphatic heterocycles. The smallest absolute Gasteiger partial charge is 0.369 e. The summed E-state index contributed by atoms with van der Waals surface area (Å²) in [5.41, 5.74) is 1.18. The Bertz CT molecular complexity index is 555. The molecule has 0 aliphatic carbocycles. The predicted molar refractivity (Wildman–Crippen MR) is 86.1 cm³/mol. The van der Waals surface area contributed by atoms with Gasteiger partial charge in [-0.25, -0.2) is 4.79 Å². The van der Waals surface area contributed by atoms with Crippen molar-refractivity contribution >= 4 is 28.9 Å². The molecule has 0 fully saturated rings. The summed E-state index contributed by atoms with van der Waals surface area (Å²) < 4.78 is 4.87. The Kier molecular flexibility index (Phi) is 7.93. The molecule has 0 N–H and O–H groups in total. The predicted octanol–water partition coefficient (Wildman–Crippen LogP) is 4.18. The number of hydrogen-bond donors (Lipinski definition) is 0. The molecular weight excluding hydrogens is 308 g/mol. The van der Waals surface area contributed by atoms with Crippen LogP contribution in [-0.2, 0) is 17.6 Å². The van der Waals surface area contributed by atoms with Gasteiger partial charge in [0, 0.05) is 11.4 Å². The van der Waals surface area contributed by atoms with E-state index in [4.69, 9.17) is 16.3 Å². The minimum atomic E-state index is -0.405. The lowest BCUT2D eigenvalue weighted by molar-refractivity contribution is 0.0525. The normalized spacial score (nSPS) is 9.71. The molecule has 0 unspecified atom stereocenters. The molecule has 0 atom stereocenters. The van der Waals surface area contributed by atoms with Crippen molar-refractivity contribution in [2.45, 2.75) is 33.6 Å². The average Bonchev–Trinajstić information content (AvgIpc) is 2.98. The lowest BCUT2D eigenvalue weighted by Crippen LogP contribution is -2.03. The van der Waals surface area contributed by atoms with Crippen LogP contribution in [0.25, 0.3) is 0 Å². The molecule has 1 aromatic carbocycles. The fourth-order valence-electron chi connectivity index (χ4n) is 1.53. The molecule has 0 saturated heterocycles. The lowest BCUT2D eigenvalue weighted by atomic mass is 10.1. The van der Waals surface area contributed by atoms with Gasteiger partial charge in [0.2, 0.25) is 5.01 Å². The van der Waals surface area contributed by atoms with Crippen LogP contribution in [0.15, 0.2) is 24.3 Å². The van der Waals surface area contributed by atoms with E-state index in [9.17, 15) is 4.79 Å². The molecule has 0 radical (unpaired) electrons. The number of aryl methyl sites for hydroxylation is 2. The minimum Gasteiger partial charge on any atom is -0.461 e. The van der Waals surface area contributed by atoms with Crippen LogP contribution in [0.1, 0.15) is 41.1 Å². The molecule has 2 rings (SSSR count). The second kappa shape index (κ2) is 9.47. The molecule has 0 saturated carbocycles. The zero-order chi connectivity index (χ0) is 15.7. The van der Waals surface area contributed by atoms with E-state index < -0.39 is 5.97 Å². The van der Waals surface area contributed by atoms with Crippen molar-refractivity contribution in [3.63, 3.8) is 0 Å². The molecule has 1 heterocycles. The Morgan fingerprint density at radius 3 is 2.48 bits per heavy atom. The first-order chi connectivity index (χ1) is 10.2. The second-order valence-corrected chi connectivity index (χ2v) is 5.35. The van der Waals surface area contributed by atoms with E-state index in [0.717, 1.165) is 22.9 Å². The van der Waals surface area contributed by atoms with Crippen LogP contribution < -0.4 is 0 Å². The standard InChI is InChI=1S/C13H13ClN2O2S.C2H6/c1-2-18-13(17)12-16-15-11(19-12)8-5-9-3-6-10(14)7-4-9;1-2/h3-4,6-7H,2,5,8H2,1H3;1-2H3. The highest BCUT2D eigenvalue weighted by Crippen LogP contribution is 2.15. The zero-order valence-electron chi connectivity index (χ0n) is 12.4. The van der Waals surface area contributed by atoms with E-state index in [1.165, 1.54) is 16.9 Å². The van der Waals surface area contributed by atoms with Gasteiger partial charge in [-0.2, -0.15) is 0 Å². The van der Waals surface area contributed by atoms with Crippen LogP contribution >= 0.6 is 22.9 Å². The first kappa shape index (κ1) is 17.6. The molecule has 1 aromatic heterocycles. The third kappa shape index (κ3) is 5.81. The first-order valence-electron chi connectivity index (χ1n) is 6.93. The first-order valence-corrected chi connectivity index (χ1v) is 8.12.